The molecule has 1 aromatic heterocycles. The Morgan fingerprint density at radius 2 is 2.14 bits per heavy atom. The van der Waals surface area contributed by atoms with Gasteiger partial charge in [-0.05, 0) is 37.3 Å². The zero-order chi connectivity index (χ0) is 15.2. The molecule has 2 aromatic rings. The molecule has 0 aliphatic rings. The van der Waals surface area contributed by atoms with Gasteiger partial charge in [0.2, 0.25) is 5.91 Å². The highest BCUT2D eigenvalue weighted by Gasteiger charge is 2.11. The second-order valence-corrected chi connectivity index (χ2v) is 4.86. The fourth-order valence-electron chi connectivity index (χ4n) is 1.99. The molecule has 0 aliphatic heterocycles. The predicted molar refractivity (Wildman–Crippen MR) is 90.4 cm³/mol. The predicted octanol–water partition coefficient (Wildman–Crippen LogP) is 2.85. The lowest BCUT2D eigenvalue weighted by molar-refractivity contribution is -0.116. The first-order chi connectivity index (χ1) is 10.1. The lowest BCUT2D eigenvalue weighted by Crippen LogP contribution is -2.24. The molecule has 22 heavy (non-hydrogen) atoms. The minimum Gasteiger partial charge on any atom is -0.495 e. The van der Waals surface area contributed by atoms with Gasteiger partial charge < -0.3 is 15.8 Å². The van der Waals surface area contributed by atoms with Crippen molar-refractivity contribution < 1.29 is 9.53 Å². The number of ether oxygens (including phenoxy) is 1. The molecule has 0 aliphatic carbocycles. The topological polar surface area (TPSA) is 77.2 Å². The van der Waals surface area contributed by atoms with Crippen LogP contribution >= 0.6 is 12.4 Å². The van der Waals surface area contributed by atoms with E-state index in [0.29, 0.717) is 11.4 Å². The summed E-state index contributed by atoms with van der Waals surface area (Å²) < 4.78 is 5.28. The van der Waals surface area contributed by atoms with Crippen LogP contribution in [0.5, 0.6) is 5.75 Å². The monoisotopic (exact) mass is 321 g/mol. The van der Waals surface area contributed by atoms with Gasteiger partial charge in [-0.3, -0.25) is 9.78 Å². The Labute approximate surface area is 136 Å². The van der Waals surface area contributed by atoms with Gasteiger partial charge >= 0.3 is 0 Å². The fraction of sp³-hybridized carbons (Fsp3) is 0.250. The van der Waals surface area contributed by atoms with Gasteiger partial charge in [0.05, 0.1) is 18.5 Å². The molecule has 0 bridgehead atoms. The molecular weight excluding hydrogens is 302 g/mol. The molecule has 3 N–H and O–H groups in total. The molecule has 0 saturated heterocycles. The van der Waals surface area contributed by atoms with Crippen molar-refractivity contribution in [2.24, 2.45) is 5.73 Å². The number of nitrogens with zero attached hydrogens (tertiary/aromatic N) is 1. The molecule has 0 radical (unpaired) electrons. The van der Waals surface area contributed by atoms with Crippen molar-refractivity contribution in [3.8, 4) is 17.0 Å². The van der Waals surface area contributed by atoms with Gasteiger partial charge in [-0.15, -0.1) is 12.4 Å². The van der Waals surface area contributed by atoms with E-state index in [9.17, 15) is 4.79 Å². The van der Waals surface area contributed by atoms with Crippen molar-refractivity contribution in [2.75, 3.05) is 12.4 Å². The minimum absolute atomic E-state index is 0. The molecule has 1 heterocycles. The Hall–Kier alpha value is -2.11. The lowest BCUT2D eigenvalue weighted by atomic mass is 10.1. The first-order valence-electron chi connectivity index (χ1n) is 6.75. The maximum atomic E-state index is 11.9. The number of halogens is 1. The average Bonchev–Trinajstić information content (AvgIpc) is 2.47. The van der Waals surface area contributed by atoms with Gasteiger partial charge in [0.25, 0.3) is 0 Å². The van der Waals surface area contributed by atoms with Crippen molar-refractivity contribution in [3.63, 3.8) is 0 Å². The molecule has 0 spiro atoms. The maximum Gasteiger partial charge on any atom is 0.226 e. The number of nitrogens with two attached hydrogens (primary N) is 1. The van der Waals surface area contributed by atoms with E-state index in [1.807, 2.05) is 36.4 Å². The summed E-state index contributed by atoms with van der Waals surface area (Å²) in [5.74, 6) is 0.467. The second-order valence-electron chi connectivity index (χ2n) is 4.86. The zero-order valence-electron chi connectivity index (χ0n) is 12.6. The lowest BCUT2D eigenvalue weighted by Gasteiger charge is -2.13. The Balaban J connectivity index is 0.00000242. The van der Waals surface area contributed by atoms with Crippen LogP contribution in [0.15, 0.2) is 42.6 Å². The number of pyridine rings is 1. The van der Waals surface area contributed by atoms with Crippen LogP contribution in [0.25, 0.3) is 11.3 Å². The SMILES string of the molecule is COc1ccc(-c2ccccn2)cc1NC(=O)CC(C)N.Cl. The van der Waals surface area contributed by atoms with Crippen LogP contribution in [0.4, 0.5) is 5.69 Å². The fourth-order valence-corrected chi connectivity index (χ4v) is 1.99. The summed E-state index contributed by atoms with van der Waals surface area (Å²) in [6.45, 7) is 1.79. The summed E-state index contributed by atoms with van der Waals surface area (Å²) in [5.41, 5.74) is 8.00. The molecule has 0 saturated carbocycles. The molecular formula is C16H20ClN3O2. The van der Waals surface area contributed by atoms with E-state index in [1.165, 1.54) is 0 Å². The third-order valence-electron chi connectivity index (χ3n) is 2.94. The molecule has 118 valence electrons. The first kappa shape index (κ1) is 17.9. The number of amides is 1. The van der Waals surface area contributed by atoms with Gasteiger partial charge in [-0.1, -0.05) is 6.07 Å². The standard InChI is InChI=1S/C16H19N3O2.ClH/c1-11(17)9-16(20)19-14-10-12(6-7-15(14)21-2)13-5-3-4-8-18-13;/h3-8,10-11H,9,17H2,1-2H3,(H,19,20);1H. The number of carbonyl (C=O) groups excluding carboxylic acids is 1. The Morgan fingerprint density at radius 3 is 2.73 bits per heavy atom. The van der Waals surface area contributed by atoms with Crippen LogP contribution in [0.2, 0.25) is 0 Å². The quantitative estimate of drug-likeness (QED) is 0.887. The highest BCUT2D eigenvalue weighted by atomic mass is 35.5. The second kappa shape index (κ2) is 8.36. The Bertz CT molecular complexity index is 618. The smallest absolute Gasteiger partial charge is 0.226 e. The number of hydrogen-bond acceptors (Lipinski definition) is 4. The largest absolute Gasteiger partial charge is 0.495 e. The van der Waals surface area contributed by atoms with Crippen molar-refractivity contribution in [3.05, 3.63) is 42.6 Å². The van der Waals surface area contributed by atoms with E-state index < -0.39 is 0 Å². The number of hydrogen-bond donors (Lipinski definition) is 2. The van der Waals surface area contributed by atoms with Crippen LogP contribution in [-0.2, 0) is 4.79 Å². The van der Waals surface area contributed by atoms with Crippen molar-refractivity contribution in [2.45, 2.75) is 19.4 Å². The van der Waals surface area contributed by atoms with Crippen LogP contribution in [0, 0.1) is 0 Å². The number of aromatic nitrogens is 1. The summed E-state index contributed by atoms with van der Waals surface area (Å²) in [6, 6.07) is 11.1. The van der Waals surface area contributed by atoms with Gasteiger partial charge in [-0.25, -0.2) is 0 Å². The minimum atomic E-state index is -0.185. The highest BCUT2D eigenvalue weighted by Crippen LogP contribution is 2.29. The number of nitrogens with one attached hydrogen (secondary N) is 1. The molecule has 1 atom stereocenters. The molecule has 1 unspecified atom stereocenters. The Kier molecular flexibility index (Phi) is 6.82. The Morgan fingerprint density at radius 1 is 1.36 bits per heavy atom. The van der Waals surface area contributed by atoms with Gasteiger partial charge in [0, 0.05) is 24.2 Å². The van der Waals surface area contributed by atoms with Crippen molar-refractivity contribution in [1.29, 1.82) is 0 Å². The number of carbonyl (C=O) groups is 1. The maximum absolute atomic E-state index is 11.9. The van der Waals surface area contributed by atoms with Gasteiger partial charge in [0.1, 0.15) is 5.75 Å². The van der Waals surface area contributed by atoms with Crippen LogP contribution in [-0.4, -0.2) is 24.0 Å². The molecule has 2 rings (SSSR count). The number of methoxy groups -OCH3 is 1. The summed E-state index contributed by atoms with van der Waals surface area (Å²) in [6.07, 6.45) is 1.99. The third kappa shape index (κ3) is 4.72. The normalized spacial score (nSPS) is 11.2. The van der Waals surface area contributed by atoms with E-state index in [-0.39, 0.29) is 30.8 Å². The van der Waals surface area contributed by atoms with Crippen LogP contribution in [0.1, 0.15) is 13.3 Å². The van der Waals surface area contributed by atoms with Crippen molar-refractivity contribution in [1.82, 2.24) is 4.98 Å². The summed E-state index contributed by atoms with van der Waals surface area (Å²) in [4.78, 5) is 16.2. The van der Waals surface area contributed by atoms with E-state index in [4.69, 9.17) is 10.5 Å². The average molecular weight is 322 g/mol. The van der Waals surface area contributed by atoms with E-state index in [1.54, 1.807) is 20.2 Å². The van der Waals surface area contributed by atoms with Crippen molar-refractivity contribution >= 4 is 24.0 Å². The number of benzene rings is 1. The van der Waals surface area contributed by atoms with E-state index in [0.717, 1.165) is 11.3 Å². The first-order valence-corrected chi connectivity index (χ1v) is 6.75. The molecule has 1 aromatic carbocycles. The molecule has 0 fully saturated rings. The highest BCUT2D eigenvalue weighted by molar-refractivity contribution is 5.93. The van der Waals surface area contributed by atoms with E-state index in [2.05, 4.69) is 10.3 Å². The van der Waals surface area contributed by atoms with Crippen LogP contribution < -0.4 is 15.8 Å². The van der Waals surface area contributed by atoms with Gasteiger partial charge in [-0.2, -0.15) is 0 Å². The summed E-state index contributed by atoms with van der Waals surface area (Å²) in [5, 5.41) is 2.83. The van der Waals surface area contributed by atoms with Crippen LogP contribution in [0.3, 0.4) is 0 Å². The summed E-state index contributed by atoms with van der Waals surface area (Å²) >= 11 is 0. The summed E-state index contributed by atoms with van der Waals surface area (Å²) in [7, 11) is 1.57. The number of rotatable bonds is 5. The molecule has 1 amide bonds. The third-order valence-corrected chi connectivity index (χ3v) is 2.94. The number of anilines is 1. The molecule has 6 heteroatoms. The van der Waals surface area contributed by atoms with E-state index >= 15 is 0 Å². The zero-order valence-corrected chi connectivity index (χ0v) is 13.4. The molecule has 5 nitrogen and oxygen atoms in total. The van der Waals surface area contributed by atoms with Gasteiger partial charge in [0.15, 0.2) is 0 Å².